The van der Waals surface area contributed by atoms with Crippen molar-refractivity contribution in [1.82, 2.24) is 14.7 Å². The van der Waals surface area contributed by atoms with Crippen molar-refractivity contribution in [3.8, 4) is 11.5 Å². The van der Waals surface area contributed by atoms with Crippen LogP contribution in [0.15, 0.2) is 39.5 Å². The van der Waals surface area contributed by atoms with Gasteiger partial charge >= 0.3 is 5.76 Å². The molecule has 1 amide bonds. The minimum Gasteiger partial charge on any atom is -0.388 e. The highest BCUT2D eigenvalue weighted by Gasteiger charge is 2.32. The van der Waals surface area contributed by atoms with Gasteiger partial charge in [-0.3, -0.25) is 4.79 Å². The second-order valence-corrected chi connectivity index (χ2v) is 6.54. The normalized spacial score (nSPS) is 21.6. The molecule has 2 saturated heterocycles. The number of piperidine rings is 1. The van der Waals surface area contributed by atoms with Gasteiger partial charge in [0, 0.05) is 25.3 Å². The number of amides is 1. The van der Waals surface area contributed by atoms with Crippen molar-refractivity contribution in [1.29, 1.82) is 0 Å². The number of hydrogen-bond donors (Lipinski definition) is 0. The number of likely N-dealkylation sites (tertiary alicyclic amines) is 1. The van der Waals surface area contributed by atoms with E-state index in [1.54, 1.807) is 0 Å². The van der Waals surface area contributed by atoms with Gasteiger partial charge in [-0.05, 0) is 37.8 Å². The van der Waals surface area contributed by atoms with E-state index >= 15 is 0 Å². The smallest absolute Gasteiger partial charge is 0.388 e. The van der Waals surface area contributed by atoms with Crippen molar-refractivity contribution in [2.24, 2.45) is 0 Å². The highest BCUT2D eigenvalue weighted by atomic mass is 16.5. The molecule has 1 aromatic carbocycles. The number of nitrogens with zero attached hydrogens (tertiary/aromatic N) is 3. The number of aromatic nitrogens is 2. The van der Waals surface area contributed by atoms with Crippen LogP contribution in [0.2, 0.25) is 0 Å². The van der Waals surface area contributed by atoms with Gasteiger partial charge in [-0.15, -0.1) is 5.10 Å². The Labute approximate surface area is 145 Å². The Bertz CT molecular complexity index is 784. The molecule has 0 radical (unpaired) electrons. The van der Waals surface area contributed by atoms with E-state index < -0.39 is 5.76 Å². The predicted octanol–water partition coefficient (Wildman–Crippen LogP) is 1.85. The molecule has 0 spiro atoms. The maximum Gasteiger partial charge on any atom is 0.437 e. The van der Waals surface area contributed by atoms with E-state index in [9.17, 15) is 9.59 Å². The Morgan fingerprint density at radius 3 is 2.56 bits per heavy atom. The van der Waals surface area contributed by atoms with E-state index in [0.29, 0.717) is 38.4 Å². The van der Waals surface area contributed by atoms with Crippen LogP contribution in [0.25, 0.3) is 11.5 Å². The molecule has 1 atom stereocenters. The van der Waals surface area contributed by atoms with Gasteiger partial charge in [0.15, 0.2) is 0 Å². The molecule has 4 rings (SSSR count). The molecule has 132 valence electrons. The third-order valence-electron chi connectivity index (χ3n) is 4.92. The van der Waals surface area contributed by atoms with Crippen LogP contribution >= 0.6 is 0 Å². The summed E-state index contributed by atoms with van der Waals surface area (Å²) in [6.07, 6.45) is 2.86. The number of benzene rings is 1. The van der Waals surface area contributed by atoms with Crippen LogP contribution in [0.1, 0.15) is 31.7 Å². The first kappa shape index (κ1) is 16.1. The van der Waals surface area contributed by atoms with Crippen molar-refractivity contribution in [3.63, 3.8) is 0 Å². The standard InChI is InChI=1S/C18H21N3O4/c22-17(15-7-4-12-24-15)20-10-8-14(9-11-20)21-18(23)25-16(19-21)13-5-2-1-3-6-13/h1-3,5-6,14-15H,4,7-12H2/t15-/m0/s1. The zero-order valence-electron chi connectivity index (χ0n) is 14.0. The van der Waals surface area contributed by atoms with Crippen LogP contribution in [0.3, 0.4) is 0 Å². The molecule has 1 aromatic heterocycles. The average Bonchev–Trinajstić information content (AvgIpc) is 3.32. The molecule has 25 heavy (non-hydrogen) atoms. The highest BCUT2D eigenvalue weighted by Crippen LogP contribution is 2.24. The zero-order valence-corrected chi connectivity index (χ0v) is 14.0. The number of rotatable bonds is 3. The molecule has 2 aliphatic rings. The SMILES string of the molecule is O=C([C@@H]1CCCO1)N1CCC(n2nc(-c3ccccc3)oc2=O)CC1. The minimum absolute atomic E-state index is 0.0396. The first-order chi connectivity index (χ1) is 12.2. The lowest BCUT2D eigenvalue weighted by Gasteiger charge is -2.32. The summed E-state index contributed by atoms with van der Waals surface area (Å²) in [5, 5.41) is 4.36. The molecule has 3 heterocycles. The van der Waals surface area contributed by atoms with Gasteiger partial charge in [0.05, 0.1) is 6.04 Å². The van der Waals surface area contributed by atoms with Gasteiger partial charge in [-0.2, -0.15) is 4.68 Å². The molecule has 0 aliphatic carbocycles. The van der Waals surface area contributed by atoms with Crippen molar-refractivity contribution in [2.45, 2.75) is 37.8 Å². The van der Waals surface area contributed by atoms with E-state index in [1.165, 1.54) is 4.68 Å². The van der Waals surface area contributed by atoms with Crippen LogP contribution in [0.4, 0.5) is 0 Å². The Morgan fingerprint density at radius 2 is 1.88 bits per heavy atom. The van der Waals surface area contributed by atoms with Gasteiger partial charge in [-0.25, -0.2) is 4.79 Å². The van der Waals surface area contributed by atoms with E-state index in [1.807, 2.05) is 35.2 Å². The number of hydrogen-bond acceptors (Lipinski definition) is 5. The van der Waals surface area contributed by atoms with Crippen molar-refractivity contribution in [3.05, 3.63) is 40.9 Å². The van der Waals surface area contributed by atoms with E-state index in [-0.39, 0.29) is 18.1 Å². The summed E-state index contributed by atoms with van der Waals surface area (Å²) in [7, 11) is 0. The van der Waals surface area contributed by atoms with Crippen LogP contribution in [0.5, 0.6) is 0 Å². The first-order valence-electron chi connectivity index (χ1n) is 8.78. The fourth-order valence-corrected chi connectivity index (χ4v) is 3.52. The molecule has 0 saturated carbocycles. The average molecular weight is 343 g/mol. The fraction of sp³-hybridized carbons (Fsp3) is 0.500. The zero-order chi connectivity index (χ0) is 17.2. The lowest BCUT2D eigenvalue weighted by Crippen LogP contribution is -2.44. The van der Waals surface area contributed by atoms with Crippen LogP contribution < -0.4 is 5.76 Å². The molecular formula is C18H21N3O4. The number of carbonyl (C=O) groups is 1. The third-order valence-corrected chi connectivity index (χ3v) is 4.92. The van der Waals surface area contributed by atoms with Crippen LogP contribution in [-0.2, 0) is 9.53 Å². The van der Waals surface area contributed by atoms with Crippen LogP contribution in [0, 0.1) is 0 Å². The highest BCUT2D eigenvalue weighted by molar-refractivity contribution is 5.81. The maximum absolute atomic E-state index is 12.4. The van der Waals surface area contributed by atoms with E-state index in [2.05, 4.69) is 5.10 Å². The minimum atomic E-state index is -0.442. The topological polar surface area (TPSA) is 77.6 Å². The largest absolute Gasteiger partial charge is 0.437 e. The van der Waals surface area contributed by atoms with Gasteiger partial charge in [-0.1, -0.05) is 18.2 Å². The third kappa shape index (κ3) is 3.24. The summed E-state index contributed by atoms with van der Waals surface area (Å²) < 4.78 is 12.2. The molecule has 2 fully saturated rings. The van der Waals surface area contributed by atoms with Gasteiger partial charge in [0.2, 0.25) is 5.89 Å². The summed E-state index contributed by atoms with van der Waals surface area (Å²) in [5.41, 5.74) is 0.782. The Balaban J connectivity index is 1.43. The summed E-state index contributed by atoms with van der Waals surface area (Å²) in [6.45, 7) is 1.90. The van der Waals surface area contributed by atoms with Crippen molar-refractivity contribution >= 4 is 5.91 Å². The van der Waals surface area contributed by atoms with Gasteiger partial charge in [0.25, 0.3) is 5.91 Å². The Kier molecular flexibility index (Phi) is 4.40. The molecule has 0 bridgehead atoms. The monoisotopic (exact) mass is 343 g/mol. The van der Waals surface area contributed by atoms with Gasteiger partial charge < -0.3 is 14.1 Å². The Morgan fingerprint density at radius 1 is 1.12 bits per heavy atom. The van der Waals surface area contributed by atoms with Crippen molar-refractivity contribution < 1.29 is 13.9 Å². The molecule has 2 aromatic rings. The summed E-state index contributed by atoms with van der Waals surface area (Å²) in [6, 6.07) is 9.34. The summed E-state index contributed by atoms with van der Waals surface area (Å²) >= 11 is 0. The number of carbonyl (C=O) groups excluding carboxylic acids is 1. The lowest BCUT2D eigenvalue weighted by molar-refractivity contribution is -0.142. The number of ether oxygens (including phenoxy) is 1. The molecule has 2 aliphatic heterocycles. The summed E-state index contributed by atoms with van der Waals surface area (Å²) in [5.74, 6) is -0.0281. The first-order valence-corrected chi connectivity index (χ1v) is 8.78. The molecule has 7 heteroatoms. The van der Waals surface area contributed by atoms with Crippen LogP contribution in [-0.4, -0.2) is 46.4 Å². The van der Waals surface area contributed by atoms with E-state index in [4.69, 9.17) is 9.15 Å². The molecule has 7 nitrogen and oxygen atoms in total. The molecule has 0 N–H and O–H groups in total. The Hall–Kier alpha value is -2.41. The second-order valence-electron chi connectivity index (χ2n) is 6.54. The summed E-state index contributed by atoms with van der Waals surface area (Å²) in [4.78, 5) is 26.4. The lowest BCUT2D eigenvalue weighted by atomic mass is 10.0. The quantitative estimate of drug-likeness (QED) is 0.850. The molecular weight excluding hydrogens is 322 g/mol. The maximum atomic E-state index is 12.4. The predicted molar refractivity (Wildman–Crippen MR) is 90.0 cm³/mol. The fourth-order valence-electron chi connectivity index (χ4n) is 3.52. The van der Waals surface area contributed by atoms with Gasteiger partial charge in [0.1, 0.15) is 6.10 Å². The van der Waals surface area contributed by atoms with E-state index in [0.717, 1.165) is 18.4 Å². The molecule has 0 unspecified atom stereocenters. The second kappa shape index (κ2) is 6.84. The van der Waals surface area contributed by atoms with Crippen molar-refractivity contribution in [2.75, 3.05) is 19.7 Å².